The lowest BCUT2D eigenvalue weighted by Crippen LogP contribution is -2.06. The van der Waals surface area contributed by atoms with Crippen LogP contribution < -0.4 is 10.6 Å². The molecule has 2 aromatic heterocycles. The van der Waals surface area contributed by atoms with E-state index >= 15 is 0 Å². The number of hydrogen-bond donors (Lipinski definition) is 2. The minimum Gasteiger partial charge on any atom is -0.339 e. The first-order chi connectivity index (χ1) is 16.1. The fraction of sp³-hybridized carbons (Fsp3) is 0.0952. The quantitative estimate of drug-likeness (QED) is 0.229. The summed E-state index contributed by atoms with van der Waals surface area (Å²) in [6.07, 6.45) is 0.215. The Kier molecular flexibility index (Phi) is 6.20. The summed E-state index contributed by atoms with van der Waals surface area (Å²) >= 11 is 3.20. The van der Waals surface area contributed by atoms with E-state index in [2.05, 4.69) is 41.6 Å². The predicted octanol–water partition coefficient (Wildman–Crippen LogP) is 6.05. The number of non-ortho nitro benzene ring substituents is 1. The van der Waals surface area contributed by atoms with Crippen LogP contribution in [0.3, 0.4) is 0 Å². The molecule has 0 unspecified atom stereocenters. The van der Waals surface area contributed by atoms with E-state index in [4.69, 9.17) is 0 Å². The maximum absolute atomic E-state index is 13.1. The van der Waals surface area contributed by atoms with Gasteiger partial charge in [0.2, 0.25) is 5.95 Å². The molecule has 0 amide bonds. The first kappa shape index (κ1) is 23.2. The summed E-state index contributed by atoms with van der Waals surface area (Å²) in [6.45, 7) is 0. The third-order valence-corrected chi connectivity index (χ3v) is 5.31. The lowest BCUT2D eigenvalue weighted by atomic mass is 10.1. The Bertz CT molecular complexity index is 1370. The first-order valence-electron chi connectivity index (χ1n) is 9.61. The highest BCUT2D eigenvalue weighted by atomic mass is 79.9. The van der Waals surface area contributed by atoms with Crippen molar-refractivity contribution in [3.63, 3.8) is 0 Å². The molecule has 2 heterocycles. The summed E-state index contributed by atoms with van der Waals surface area (Å²) in [5.41, 5.74) is 0.812. The van der Waals surface area contributed by atoms with Gasteiger partial charge in [-0.05, 0) is 18.2 Å². The van der Waals surface area contributed by atoms with Gasteiger partial charge in [0.25, 0.3) is 5.69 Å². The van der Waals surface area contributed by atoms with E-state index < -0.39 is 16.7 Å². The summed E-state index contributed by atoms with van der Waals surface area (Å²) < 4.78 is 41.1. The lowest BCUT2D eigenvalue weighted by Gasteiger charge is -2.15. The van der Waals surface area contributed by atoms with E-state index in [1.165, 1.54) is 30.5 Å². The van der Waals surface area contributed by atoms with Crippen LogP contribution in [0.4, 0.5) is 42.0 Å². The van der Waals surface area contributed by atoms with Crippen molar-refractivity contribution in [1.29, 1.82) is 0 Å². The van der Waals surface area contributed by atoms with Crippen molar-refractivity contribution in [1.82, 2.24) is 19.7 Å². The Morgan fingerprint density at radius 1 is 1.06 bits per heavy atom. The molecular formula is C21H15BrF3N7O2. The van der Waals surface area contributed by atoms with Gasteiger partial charge < -0.3 is 10.6 Å². The molecule has 0 aliphatic heterocycles. The second-order valence-electron chi connectivity index (χ2n) is 7.11. The van der Waals surface area contributed by atoms with Gasteiger partial charge in [-0.2, -0.15) is 23.3 Å². The second-order valence-corrected chi connectivity index (χ2v) is 7.96. The molecule has 0 aliphatic rings. The van der Waals surface area contributed by atoms with Crippen molar-refractivity contribution in [2.24, 2.45) is 7.05 Å². The molecule has 0 spiro atoms. The Balaban J connectivity index is 1.77. The van der Waals surface area contributed by atoms with Crippen molar-refractivity contribution in [3.05, 3.63) is 81.2 Å². The van der Waals surface area contributed by atoms with Gasteiger partial charge in [0.05, 0.1) is 22.4 Å². The SMILES string of the molecule is Cn1cc(Nc2ncc(-c3ccc(C(F)(F)F)cc3Br)c(Nc3cccc([N+](=O)[O-])c3)n2)cn1. The van der Waals surface area contributed by atoms with E-state index in [0.717, 1.165) is 12.1 Å². The molecule has 4 aromatic rings. The molecule has 9 nitrogen and oxygen atoms in total. The fourth-order valence-corrected chi connectivity index (χ4v) is 3.69. The molecule has 0 aliphatic carbocycles. The number of benzene rings is 2. The normalized spacial score (nSPS) is 11.3. The second kappa shape index (κ2) is 9.09. The molecule has 0 saturated carbocycles. The van der Waals surface area contributed by atoms with E-state index in [1.54, 1.807) is 30.2 Å². The Morgan fingerprint density at radius 3 is 2.50 bits per heavy atom. The van der Waals surface area contributed by atoms with Gasteiger partial charge in [0, 0.05) is 52.9 Å². The number of nitro benzene ring substituents is 1. The summed E-state index contributed by atoms with van der Waals surface area (Å²) in [4.78, 5) is 19.3. The number of anilines is 4. The van der Waals surface area contributed by atoms with Crippen molar-refractivity contribution in [2.45, 2.75) is 6.18 Å². The summed E-state index contributed by atoms with van der Waals surface area (Å²) in [5.74, 6) is 0.412. The van der Waals surface area contributed by atoms with E-state index in [0.29, 0.717) is 22.5 Å². The molecule has 174 valence electrons. The Morgan fingerprint density at radius 2 is 1.85 bits per heavy atom. The zero-order valence-corrected chi connectivity index (χ0v) is 18.9. The maximum Gasteiger partial charge on any atom is 0.416 e. The zero-order valence-electron chi connectivity index (χ0n) is 17.3. The topological polar surface area (TPSA) is 111 Å². The van der Waals surface area contributed by atoms with E-state index in [1.807, 2.05) is 0 Å². The van der Waals surface area contributed by atoms with Crippen LogP contribution in [0.2, 0.25) is 0 Å². The van der Waals surface area contributed by atoms with E-state index in [9.17, 15) is 23.3 Å². The average Bonchev–Trinajstić information content (AvgIpc) is 3.18. The summed E-state index contributed by atoms with van der Waals surface area (Å²) in [6, 6.07) is 9.00. The van der Waals surface area contributed by atoms with Crippen LogP contribution in [-0.4, -0.2) is 24.7 Å². The highest BCUT2D eigenvalue weighted by Crippen LogP contribution is 2.38. The molecule has 0 fully saturated rings. The van der Waals surface area contributed by atoms with Crippen LogP contribution in [0.15, 0.2) is 65.5 Å². The maximum atomic E-state index is 13.1. The standard InChI is InChI=1S/C21H15BrF3N7O2/c1-31-11-14(9-27-31)29-20-26-10-17(16-6-5-12(7-18(16)22)21(23,24)25)19(30-20)28-13-3-2-4-15(8-13)32(33)34/h2-11H,1H3,(H2,26,28,29,30). The molecule has 13 heteroatoms. The van der Waals surface area contributed by atoms with Crippen LogP contribution in [0.5, 0.6) is 0 Å². The van der Waals surface area contributed by atoms with Crippen LogP contribution in [0.25, 0.3) is 11.1 Å². The highest BCUT2D eigenvalue weighted by molar-refractivity contribution is 9.10. The molecule has 0 saturated heterocycles. The number of alkyl halides is 3. The number of nitrogens with one attached hydrogen (secondary N) is 2. The van der Waals surface area contributed by atoms with Crippen molar-refractivity contribution in [2.75, 3.05) is 10.6 Å². The van der Waals surface area contributed by atoms with Crippen LogP contribution in [0.1, 0.15) is 5.56 Å². The first-order valence-corrected chi connectivity index (χ1v) is 10.4. The smallest absolute Gasteiger partial charge is 0.339 e. The number of rotatable bonds is 6. The minimum absolute atomic E-state index is 0.134. The van der Waals surface area contributed by atoms with Crippen LogP contribution >= 0.6 is 15.9 Å². The Hall–Kier alpha value is -4.00. The predicted molar refractivity (Wildman–Crippen MR) is 123 cm³/mol. The summed E-state index contributed by atoms with van der Waals surface area (Å²) in [5, 5.41) is 21.2. The van der Waals surface area contributed by atoms with Gasteiger partial charge >= 0.3 is 6.18 Å². The third-order valence-electron chi connectivity index (χ3n) is 4.66. The number of aryl methyl sites for hydroxylation is 1. The molecule has 34 heavy (non-hydrogen) atoms. The van der Waals surface area contributed by atoms with Crippen molar-refractivity contribution in [3.8, 4) is 11.1 Å². The van der Waals surface area contributed by atoms with Gasteiger partial charge in [-0.25, -0.2) is 4.98 Å². The molecule has 2 aromatic carbocycles. The number of hydrogen-bond acceptors (Lipinski definition) is 7. The highest BCUT2D eigenvalue weighted by Gasteiger charge is 2.31. The average molecular weight is 534 g/mol. The summed E-state index contributed by atoms with van der Waals surface area (Å²) in [7, 11) is 1.74. The van der Waals surface area contributed by atoms with Crippen LogP contribution in [0, 0.1) is 10.1 Å². The van der Waals surface area contributed by atoms with Gasteiger partial charge in [0.15, 0.2) is 0 Å². The monoisotopic (exact) mass is 533 g/mol. The molecule has 0 atom stereocenters. The molecule has 0 radical (unpaired) electrons. The zero-order chi connectivity index (χ0) is 24.5. The molecular weight excluding hydrogens is 519 g/mol. The molecule has 4 rings (SSSR count). The molecule has 0 bridgehead atoms. The van der Waals surface area contributed by atoms with Gasteiger partial charge in [-0.3, -0.25) is 14.8 Å². The van der Waals surface area contributed by atoms with Gasteiger partial charge in [0.1, 0.15) is 5.82 Å². The number of nitro groups is 1. The number of halogens is 4. The number of nitrogens with zero attached hydrogens (tertiary/aromatic N) is 5. The van der Waals surface area contributed by atoms with Gasteiger partial charge in [-0.15, -0.1) is 0 Å². The van der Waals surface area contributed by atoms with Crippen molar-refractivity contribution < 1.29 is 18.1 Å². The van der Waals surface area contributed by atoms with Gasteiger partial charge in [-0.1, -0.05) is 28.1 Å². The fourth-order valence-electron chi connectivity index (χ4n) is 3.09. The number of aromatic nitrogens is 4. The largest absolute Gasteiger partial charge is 0.416 e. The van der Waals surface area contributed by atoms with Crippen LogP contribution in [-0.2, 0) is 13.2 Å². The van der Waals surface area contributed by atoms with E-state index in [-0.39, 0.29) is 21.9 Å². The minimum atomic E-state index is -4.50. The molecule has 2 N–H and O–H groups in total. The Labute approximate surface area is 198 Å². The third kappa shape index (κ3) is 5.14. The lowest BCUT2D eigenvalue weighted by molar-refractivity contribution is -0.384. The van der Waals surface area contributed by atoms with Crippen molar-refractivity contribution >= 4 is 44.8 Å².